The van der Waals surface area contributed by atoms with Crippen LogP contribution in [0.1, 0.15) is 54.6 Å². The lowest BCUT2D eigenvalue weighted by atomic mass is 9.95. The van der Waals surface area contributed by atoms with Crippen LogP contribution in [0.25, 0.3) is 0 Å². The molecule has 41 heavy (non-hydrogen) atoms. The molecule has 0 aliphatic carbocycles. The van der Waals surface area contributed by atoms with Crippen LogP contribution in [0.2, 0.25) is 0 Å². The summed E-state index contributed by atoms with van der Waals surface area (Å²) in [5, 5.41) is 61.9. The van der Waals surface area contributed by atoms with Gasteiger partial charge in [0, 0.05) is 24.2 Å². The molecule has 1 fully saturated rings. The molecule has 3 rings (SSSR count). The smallest absolute Gasteiger partial charge is 0.315 e. The zero-order valence-electron chi connectivity index (χ0n) is 23.6. The lowest BCUT2D eigenvalue weighted by Gasteiger charge is -2.39. The van der Waals surface area contributed by atoms with E-state index in [1.165, 1.54) is 6.92 Å². The summed E-state index contributed by atoms with van der Waals surface area (Å²) in [6.07, 6.45) is -7.29. The number of aliphatic hydroxyl groups excluding tert-OH is 5. The number of aromatic nitrogens is 2. The number of carbonyl (C=O) groups excluding carboxylic acids is 2. The summed E-state index contributed by atoms with van der Waals surface area (Å²) in [7, 11) is 0. The molecule has 0 unspecified atom stereocenters. The third kappa shape index (κ3) is 7.93. The summed E-state index contributed by atoms with van der Waals surface area (Å²) in [5.74, 6) is -0.603. The molecule has 0 bridgehead atoms. The van der Waals surface area contributed by atoms with Gasteiger partial charge in [0.25, 0.3) is 0 Å². The second kappa shape index (κ2) is 14.1. The van der Waals surface area contributed by atoms with Crippen molar-refractivity contribution in [1.29, 1.82) is 0 Å². The van der Waals surface area contributed by atoms with Gasteiger partial charge in [0.15, 0.2) is 0 Å². The molecule has 228 valence electrons. The van der Waals surface area contributed by atoms with Crippen LogP contribution in [-0.2, 0) is 22.4 Å². The maximum absolute atomic E-state index is 12.1. The van der Waals surface area contributed by atoms with Crippen molar-refractivity contribution in [2.75, 3.05) is 13.2 Å². The number of hydrogen-bond acceptors (Lipinski definition) is 10. The maximum atomic E-state index is 12.1. The van der Waals surface area contributed by atoms with Gasteiger partial charge in [-0.3, -0.25) is 9.89 Å². The number of nitrogens with one attached hydrogen (secondary N) is 3. The topological polar surface area (TPSA) is 233 Å². The Morgan fingerprint density at radius 3 is 2.46 bits per heavy atom. The number of urea groups is 1. The molecular weight excluding hydrogens is 538 g/mol. The summed E-state index contributed by atoms with van der Waals surface area (Å²) >= 11 is 0. The first-order valence-corrected chi connectivity index (χ1v) is 13.5. The Kier molecular flexibility index (Phi) is 11.1. The number of H-pyrrole nitrogens is 1. The van der Waals surface area contributed by atoms with Crippen LogP contribution in [-0.4, -0.2) is 104 Å². The highest BCUT2D eigenvalue weighted by molar-refractivity contribution is 5.86. The first kappa shape index (κ1) is 32.2. The number of ether oxygens (including phenoxy) is 2. The van der Waals surface area contributed by atoms with Crippen LogP contribution < -0.4 is 21.1 Å². The molecule has 1 aliphatic heterocycles. The van der Waals surface area contributed by atoms with Crippen molar-refractivity contribution < 1.29 is 44.6 Å². The number of nitrogens with two attached hydrogens (primary N) is 1. The van der Waals surface area contributed by atoms with E-state index in [-0.39, 0.29) is 18.3 Å². The van der Waals surface area contributed by atoms with Crippen molar-refractivity contribution in [2.24, 2.45) is 5.73 Å². The van der Waals surface area contributed by atoms with Gasteiger partial charge in [-0.1, -0.05) is 32.0 Å². The van der Waals surface area contributed by atoms with Crippen LogP contribution in [0.4, 0.5) is 4.79 Å². The van der Waals surface area contributed by atoms with E-state index in [1.807, 2.05) is 39.0 Å². The van der Waals surface area contributed by atoms with E-state index in [4.69, 9.17) is 15.2 Å². The Hall–Kier alpha value is -3.27. The zero-order chi connectivity index (χ0) is 30.4. The summed E-state index contributed by atoms with van der Waals surface area (Å²) < 4.78 is 11.4. The number of rotatable bonds is 12. The Bertz CT molecular complexity index is 1190. The molecule has 0 radical (unpaired) electrons. The van der Waals surface area contributed by atoms with Crippen LogP contribution >= 0.6 is 0 Å². The third-order valence-electron chi connectivity index (χ3n) is 7.06. The van der Waals surface area contributed by atoms with Crippen molar-refractivity contribution >= 4 is 11.9 Å². The van der Waals surface area contributed by atoms with Crippen molar-refractivity contribution in [3.8, 4) is 5.88 Å². The van der Waals surface area contributed by atoms with Crippen LogP contribution in [0.5, 0.6) is 5.88 Å². The second-order valence-electron chi connectivity index (χ2n) is 10.6. The molecule has 1 aliphatic rings. The predicted molar refractivity (Wildman–Crippen MR) is 146 cm³/mol. The fraction of sp³-hybridized carbons (Fsp3) is 0.593. The van der Waals surface area contributed by atoms with Gasteiger partial charge in [0.05, 0.1) is 12.7 Å². The molecule has 10 N–H and O–H groups in total. The molecule has 14 heteroatoms. The van der Waals surface area contributed by atoms with Gasteiger partial charge in [0.2, 0.25) is 18.1 Å². The number of aryl methyl sites for hydroxylation is 1. The molecule has 0 saturated carbocycles. The number of hydrogen-bond donors (Lipinski definition) is 9. The highest BCUT2D eigenvalue weighted by atomic mass is 16.7. The molecule has 1 aromatic carbocycles. The Morgan fingerprint density at radius 1 is 1.17 bits per heavy atom. The fourth-order valence-corrected chi connectivity index (χ4v) is 4.63. The van der Waals surface area contributed by atoms with Crippen molar-refractivity contribution in [3.05, 3.63) is 46.1 Å². The Balaban J connectivity index is 1.69. The normalized spacial score (nSPS) is 24.1. The van der Waals surface area contributed by atoms with E-state index in [1.54, 1.807) is 0 Å². The minimum absolute atomic E-state index is 0.0597. The molecule has 1 aromatic heterocycles. The first-order valence-electron chi connectivity index (χ1n) is 13.5. The molecule has 0 spiro atoms. The lowest BCUT2D eigenvalue weighted by molar-refractivity contribution is -0.278. The molecule has 2 aromatic rings. The molecule has 14 nitrogen and oxygen atoms in total. The number of nitrogens with zero attached hydrogens (tertiary/aromatic N) is 1. The van der Waals surface area contributed by atoms with Gasteiger partial charge in [-0.05, 0) is 42.9 Å². The van der Waals surface area contributed by atoms with E-state index >= 15 is 0 Å². The highest BCUT2D eigenvalue weighted by Crippen LogP contribution is 2.32. The Labute approximate surface area is 237 Å². The number of aromatic amines is 1. The van der Waals surface area contributed by atoms with E-state index in [0.717, 1.165) is 27.9 Å². The maximum Gasteiger partial charge on any atom is 0.315 e. The number of carbonyl (C=O) groups is 2. The van der Waals surface area contributed by atoms with Crippen molar-refractivity contribution in [2.45, 2.75) is 89.3 Å². The van der Waals surface area contributed by atoms with Gasteiger partial charge in [0.1, 0.15) is 30.5 Å². The van der Waals surface area contributed by atoms with Crippen molar-refractivity contribution in [3.63, 3.8) is 0 Å². The Morgan fingerprint density at radius 2 is 1.88 bits per heavy atom. The van der Waals surface area contributed by atoms with E-state index < -0.39 is 61.4 Å². The van der Waals surface area contributed by atoms with Crippen LogP contribution in [0, 0.1) is 6.92 Å². The van der Waals surface area contributed by atoms with Crippen LogP contribution in [0.3, 0.4) is 0 Å². The standard InChI is InChI=1S/C27H41N5O9/c1-12(2)19-17(25(32-31-19)41-26-23(37)22(36)21(35)18(11-33)40-26)10-16-6-5-15(9-13(16)3)7-8-29-27(39)30-20(14(4)34)24(28)38/h5-6,9,12,14,18,20-23,26,33-37H,7-8,10-11H2,1-4H3,(H2,28,38)(H,31,32)(H2,29,30,39)/t14-,18-,20+,21-,22+,23-,26+/m1/s1. The quantitative estimate of drug-likeness (QED) is 0.144. The van der Waals surface area contributed by atoms with Gasteiger partial charge in [-0.25, -0.2) is 4.79 Å². The largest absolute Gasteiger partial charge is 0.443 e. The molecular formula is C27H41N5O9. The van der Waals surface area contributed by atoms with E-state index in [9.17, 15) is 35.1 Å². The summed E-state index contributed by atoms with van der Waals surface area (Å²) in [4.78, 5) is 23.4. The lowest BCUT2D eigenvalue weighted by Crippen LogP contribution is -2.60. The molecule has 3 amide bonds. The van der Waals surface area contributed by atoms with E-state index in [0.29, 0.717) is 12.8 Å². The summed E-state index contributed by atoms with van der Waals surface area (Å²) in [5.41, 5.74) is 9.65. The monoisotopic (exact) mass is 579 g/mol. The predicted octanol–water partition coefficient (Wildman–Crippen LogP) is -1.31. The SMILES string of the molecule is Cc1cc(CCNC(=O)N[C@H](C(N)=O)[C@@H](C)O)ccc1Cc1c(O[C@@H]2O[C@H](CO)[C@@H](O)[C@H](O)[C@H]2O)n[nH]c1C(C)C. The van der Waals surface area contributed by atoms with Gasteiger partial charge < -0.3 is 51.4 Å². The van der Waals surface area contributed by atoms with Gasteiger partial charge in [-0.2, -0.15) is 0 Å². The number of aliphatic hydroxyl groups is 5. The van der Waals surface area contributed by atoms with Gasteiger partial charge in [-0.15, -0.1) is 5.10 Å². The second-order valence-corrected chi connectivity index (χ2v) is 10.6. The van der Waals surface area contributed by atoms with Crippen molar-refractivity contribution in [1.82, 2.24) is 20.8 Å². The molecule has 7 atom stereocenters. The minimum Gasteiger partial charge on any atom is -0.443 e. The number of benzene rings is 1. The number of primary amides is 1. The van der Waals surface area contributed by atoms with Gasteiger partial charge >= 0.3 is 6.03 Å². The first-order chi connectivity index (χ1) is 19.3. The highest BCUT2D eigenvalue weighted by Gasteiger charge is 2.45. The van der Waals surface area contributed by atoms with E-state index in [2.05, 4.69) is 20.8 Å². The average Bonchev–Trinajstić information content (AvgIpc) is 3.30. The third-order valence-corrected chi connectivity index (χ3v) is 7.06. The molecule has 2 heterocycles. The van der Waals surface area contributed by atoms with Crippen LogP contribution in [0.15, 0.2) is 18.2 Å². The summed E-state index contributed by atoms with van der Waals surface area (Å²) in [6, 6.07) is 4.07. The fourth-order valence-electron chi connectivity index (χ4n) is 4.63. The summed E-state index contributed by atoms with van der Waals surface area (Å²) in [6.45, 7) is 6.99. The zero-order valence-corrected chi connectivity index (χ0v) is 23.6. The number of amides is 3. The average molecular weight is 580 g/mol. The molecule has 1 saturated heterocycles. The minimum atomic E-state index is -1.57.